The Labute approximate surface area is 155 Å². The molecule has 8 heteroatoms. The maximum atomic E-state index is 12.5. The summed E-state index contributed by atoms with van der Waals surface area (Å²) >= 11 is 3.29. The molecular formula is C17H19BrN2O4S. The SMILES string of the molecule is CC(C)COC(=O)Nc1cccc(S(=O)(=O)Nc2ccc(Br)cc2)c1. The van der Waals surface area contributed by atoms with Gasteiger partial charge in [-0.3, -0.25) is 10.0 Å². The molecule has 0 atom stereocenters. The van der Waals surface area contributed by atoms with Gasteiger partial charge in [0.1, 0.15) is 0 Å². The Morgan fingerprint density at radius 3 is 2.44 bits per heavy atom. The first kappa shape index (κ1) is 19.3. The summed E-state index contributed by atoms with van der Waals surface area (Å²) in [6, 6.07) is 12.7. The van der Waals surface area contributed by atoms with E-state index in [1.165, 1.54) is 12.1 Å². The van der Waals surface area contributed by atoms with E-state index in [0.717, 1.165) is 4.47 Å². The number of carbonyl (C=O) groups excluding carboxylic acids is 1. The zero-order valence-corrected chi connectivity index (χ0v) is 16.2. The Morgan fingerprint density at radius 1 is 1.12 bits per heavy atom. The van der Waals surface area contributed by atoms with Gasteiger partial charge in [-0.05, 0) is 48.4 Å². The van der Waals surface area contributed by atoms with Crippen LogP contribution in [0, 0.1) is 5.92 Å². The van der Waals surface area contributed by atoms with Crippen LogP contribution in [-0.4, -0.2) is 21.1 Å². The van der Waals surface area contributed by atoms with Gasteiger partial charge in [0.15, 0.2) is 0 Å². The number of halogens is 1. The minimum atomic E-state index is -3.77. The van der Waals surface area contributed by atoms with Crippen LogP contribution in [0.3, 0.4) is 0 Å². The van der Waals surface area contributed by atoms with E-state index in [2.05, 4.69) is 26.0 Å². The van der Waals surface area contributed by atoms with Crippen molar-refractivity contribution in [1.82, 2.24) is 0 Å². The first-order chi connectivity index (χ1) is 11.8. The average Bonchev–Trinajstić information content (AvgIpc) is 2.55. The summed E-state index contributed by atoms with van der Waals surface area (Å²) in [5.74, 6) is 0.215. The number of hydrogen-bond acceptors (Lipinski definition) is 4. The molecule has 6 nitrogen and oxygen atoms in total. The number of rotatable bonds is 6. The predicted molar refractivity (Wildman–Crippen MR) is 101 cm³/mol. The van der Waals surface area contributed by atoms with Crippen molar-refractivity contribution in [2.75, 3.05) is 16.6 Å². The lowest BCUT2D eigenvalue weighted by Gasteiger charge is -2.11. The Bertz CT molecular complexity index is 836. The minimum Gasteiger partial charge on any atom is -0.449 e. The lowest BCUT2D eigenvalue weighted by Crippen LogP contribution is -2.17. The van der Waals surface area contributed by atoms with Gasteiger partial charge in [-0.2, -0.15) is 0 Å². The highest BCUT2D eigenvalue weighted by Crippen LogP contribution is 2.21. The maximum Gasteiger partial charge on any atom is 0.411 e. The van der Waals surface area contributed by atoms with Crippen molar-refractivity contribution < 1.29 is 17.9 Å². The number of carbonyl (C=O) groups is 1. The van der Waals surface area contributed by atoms with Gasteiger partial charge in [-0.1, -0.05) is 35.8 Å². The standard InChI is InChI=1S/C17H19BrN2O4S/c1-12(2)11-24-17(21)19-15-4-3-5-16(10-15)25(22,23)20-14-8-6-13(18)7-9-14/h3-10,12,20H,11H2,1-2H3,(H,19,21). The van der Waals surface area contributed by atoms with E-state index in [0.29, 0.717) is 11.4 Å². The third-order valence-corrected chi connectivity index (χ3v) is 4.94. The lowest BCUT2D eigenvalue weighted by molar-refractivity contribution is 0.147. The van der Waals surface area contributed by atoms with Crippen LogP contribution in [0.2, 0.25) is 0 Å². The molecule has 134 valence electrons. The fourth-order valence-electron chi connectivity index (χ4n) is 1.87. The molecule has 2 rings (SSSR count). The highest BCUT2D eigenvalue weighted by atomic mass is 79.9. The van der Waals surface area contributed by atoms with E-state index in [9.17, 15) is 13.2 Å². The van der Waals surface area contributed by atoms with Gasteiger partial charge in [-0.25, -0.2) is 13.2 Å². The van der Waals surface area contributed by atoms with Gasteiger partial charge in [0.2, 0.25) is 0 Å². The third-order valence-electron chi connectivity index (χ3n) is 3.03. The molecular weight excluding hydrogens is 408 g/mol. The fraction of sp³-hybridized carbons (Fsp3) is 0.235. The molecule has 0 radical (unpaired) electrons. The summed E-state index contributed by atoms with van der Waals surface area (Å²) < 4.78 is 33.3. The Hall–Kier alpha value is -2.06. The summed E-state index contributed by atoms with van der Waals surface area (Å²) in [5, 5.41) is 2.52. The first-order valence-corrected chi connectivity index (χ1v) is 9.86. The first-order valence-electron chi connectivity index (χ1n) is 7.58. The minimum absolute atomic E-state index is 0.0390. The molecule has 0 aliphatic carbocycles. The topological polar surface area (TPSA) is 84.5 Å². The zero-order valence-electron chi connectivity index (χ0n) is 13.8. The number of amides is 1. The number of nitrogens with one attached hydrogen (secondary N) is 2. The van der Waals surface area contributed by atoms with Crippen LogP contribution in [0.1, 0.15) is 13.8 Å². The monoisotopic (exact) mass is 426 g/mol. The van der Waals surface area contributed by atoms with Gasteiger partial charge in [0.25, 0.3) is 10.0 Å². The summed E-state index contributed by atoms with van der Waals surface area (Å²) in [7, 11) is -3.77. The van der Waals surface area contributed by atoms with Crippen LogP contribution in [0.25, 0.3) is 0 Å². The highest BCUT2D eigenvalue weighted by Gasteiger charge is 2.15. The molecule has 0 aliphatic rings. The number of sulfonamides is 1. The molecule has 0 unspecified atom stereocenters. The van der Waals surface area contributed by atoms with Crippen molar-refractivity contribution in [2.24, 2.45) is 5.92 Å². The third kappa shape index (κ3) is 6.06. The van der Waals surface area contributed by atoms with Gasteiger partial charge in [0.05, 0.1) is 11.5 Å². The average molecular weight is 427 g/mol. The van der Waals surface area contributed by atoms with E-state index in [1.807, 2.05) is 13.8 Å². The number of hydrogen-bond donors (Lipinski definition) is 2. The summed E-state index contributed by atoms with van der Waals surface area (Å²) in [5.41, 5.74) is 0.783. The Morgan fingerprint density at radius 2 is 1.80 bits per heavy atom. The van der Waals surface area contributed by atoms with E-state index < -0.39 is 16.1 Å². The Kier molecular flexibility index (Phi) is 6.44. The van der Waals surface area contributed by atoms with E-state index in [4.69, 9.17) is 4.74 Å². The smallest absolute Gasteiger partial charge is 0.411 e. The molecule has 0 fully saturated rings. The highest BCUT2D eigenvalue weighted by molar-refractivity contribution is 9.10. The molecule has 2 N–H and O–H groups in total. The summed E-state index contributed by atoms with van der Waals surface area (Å²) in [6.45, 7) is 4.14. The van der Waals surface area contributed by atoms with Crippen LogP contribution in [0.5, 0.6) is 0 Å². The van der Waals surface area contributed by atoms with Crippen LogP contribution < -0.4 is 10.0 Å². The molecule has 0 saturated heterocycles. The second-order valence-corrected chi connectivity index (χ2v) is 8.36. The molecule has 0 spiro atoms. The quantitative estimate of drug-likeness (QED) is 0.713. The van der Waals surface area contributed by atoms with Crippen LogP contribution in [-0.2, 0) is 14.8 Å². The van der Waals surface area contributed by atoms with Crippen LogP contribution in [0.15, 0.2) is 57.9 Å². The summed E-state index contributed by atoms with van der Waals surface area (Å²) in [4.78, 5) is 11.7. The van der Waals surface area contributed by atoms with E-state index in [1.54, 1.807) is 36.4 Å². The van der Waals surface area contributed by atoms with E-state index >= 15 is 0 Å². The summed E-state index contributed by atoms with van der Waals surface area (Å²) in [6.07, 6.45) is -0.621. The zero-order chi connectivity index (χ0) is 18.4. The number of ether oxygens (including phenoxy) is 1. The molecule has 25 heavy (non-hydrogen) atoms. The second kappa shape index (κ2) is 8.35. The van der Waals surface area contributed by atoms with Crippen molar-refractivity contribution in [3.05, 3.63) is 53.0 Å². The fourth-order valence-corrected chi connectivity index (χ4v) is 3.24. The normalized spacial score (nSPS) is 11.2. The second-order valence-electron chi connectivity index (χ2n) is 5.76. The largest absolute Gasteiger partial charge is 0.449 e. The molecule has 2 aromatic carbocycles. The van der Waals surface area contributed by atoms with Crippen LogP contribution >= 0.6 is 15.9 Å². The van der Waals surface area contributed by atoms with Crippen molar-refractivity contribution in [1.29, 1.82) is 0 Å². The van der Waals surface area contributed by atoms with Crippen molar-refractivity contribution in [2.45, 2.75) is 18.7 Å². The molecule has 0 bridgehead atoms. The van der Waals surface area contributed by atoms with Crippen molar-refractivity contribution in [3.8, 4) is 0 Å². The van der Waals surface area contributed by atoms with Gasteiger partial charge < -0.3 is 4.74 Å². The molecule has 1 amide bonds. The van der Waals surface area contributed by atoms with Gasteiger partial charge in [-0.15, -0.1) is 0 Å². The molecule has 0 saturated carbocycles. The molecule has 0 aliphatic heterocycles. The molecule has 0 aromatic heterocycles. The maximum absolute atomic E-state index is 12.5. The van der Waals surface area contributed by atoms with Crippen molar-refractivity contribution >= 4 is 43.4 Å². The van der Waals surface area contributed by atoms with Crippen molar-refractivity contribution in [3.63, 3.8) is 0 Å². The number of anilines is 2. The number of benzene rings is 2. The van der Waals surface area contributed by atoms with Gasteiger partial charge in [0, 0.05) is 15.8 Å². The molecule has 2 aromatic rings. The Balaban J connectivity index is 2.11. The van der Waals surface area contributed by atoms with Gasteiger partial charge >= 0.3 is 6.09 Å². The van der Waals surface area contributed by atoms with E-state index in [-0.39, 0.29) is 17.4 Å². The predicted octanol–water partition coefficient (Wildman–Crippen LogP) is 4.45. The van der Waals surface area contributed by atoms with Crippen LogP contribution in [0.4, 0.5) is 16.2 Å². The lowest BCUT2D eigenvalue weighted by atomic mass is 10.2. The molecule has 0 heterocycles.